The van der Waals surface area contributed by atoms with Crippen LogP contribution < -0.4 is 4.72 Å². The van der Waals surface area contributed by atoms with Crippen LogP contribution in [0.5, 0.6) is 0 Å². The van der Waals surface area contributed by atoms with E-state index in [0.717, 1.165) is 11.4 Å². The molecule has 0 spiro atoms. The highest BCUT2D eigenvalue weighted by atomic mass is 35.5. The first kappa shape index (κ1) is 14.1. The van der Waals surface area contributed by atoms with Gasteiger partial charge in [0.05, 0.1) is 11.4 Å². The summed E-state index contributed by atoms with van der Waals surface area (Å²) < 4.78 is 35.2. The Balaban J connectivity index is 2.02. The van der Waals surface area contributed by atoms with Crippen molar-refractivity contribution < 1.29 is 8.42 Å². The highest BCUT2D eigenvalue weighted by molar-refractivity contribution is 7.92. The van der Waals surface area contributed by atoms with Gasteiger partial charge in [-0.3, -0.25) is 0 Å². The standard InChI is InChI=1S/C11H8ClN5O2S2/c1-6-5-9(12)14-11(13-6)17-21(18,19)8-4-2-3-7-10(8)16-20-15-7/h2-5H,1H3,(H,13,14,17). The zero-order chi connectivity index (χ0) is 15.0. The van der Waals surface area contributed by atoms with Crippen LogP contribution in [0.1, 0.15) is 5.69 Å². The second-order valence-corrected chi connectivity index (χ2v) is 6.72. The van der Waals surface area contributed by atoms with Crippen molar-refractivity contribution in [3.05, 3.63) is 35.1 Å². The molecule has 2 aromatic rings. The van der Waals surface area contributed by atoms with Gasteiger partial charge in [0.1, 0.15) is 21.4 Å². The summed E-state index contributed by atoms with van der Waals surface area (Å²) in [5.41, 5.74) is 1.39. The van der Waals surface area contributed by atoms with E-state index in [1.807, 2.05) is 0 Å². The second kappa shape index (κ2) is 5.17. The fourth-order valence-corrected chi connectivity index (χ4v) is 3.70. The molecule has 1 aromatic heterocycles. The molecule has 7 nitrogen and oxygen atoms in total. The third-order valence-electron chi connectivity index (χ3n) is 2.59. The SMILES string of the molecule is Cc1cc(Cl)nc(NS(=O)(=O)c2cccc3c2N=S=N3)n1. The first-order valence-electron chi connectivity index (χ1n) is 5.71. The number of anilines is 1. The van der Waals surface area contributed by atoms with Crippen LogP contribution in [0, 0.1) is 6.92 Å². The normalized spacial score (nSPS) is 12.9. The van der Waals surface area contributed by atoms with Crippen molar-refractivity contribution in [3.63, 3.8) is 0 Å². The molecule has 0 unspecified atom stereocenters. The molecule has 0 aliphatic carbocycles. The average molecular weight is 342 g/mol. The number of fused-ring (bicyclic) bond motifs is 1. The Kier molecular flexibility index (Phi) is 3.47. The van der Waals surface area contributed by atoms with Crippen molar-refractivity contribution in [1.29, 1.82) is 0 Å². The molecule has 0 bridgehead atoms. The van der Waals surface area contributed by atoms with Gasteiger partial charge in [-0.1, -0.05) is 17.7 Å². The lowest BCUT2D eigenvalue weighted by Crippen LogP contribution is -2.15. The maximum Gasteiger partial charge on any atom is 0.266 e. The number of aromatic nitrogens is 2. The van der Waals surface area contributed by atoms with Gasteiger partial charge in [-0.25, -0.2) is 23.1 Å². The Morgan fingerprint density at radius 2 is 2.05 bits per heavy atom. The van der Waals surface area contributed by atoms with Gasteiger partial charge in [0.2, 0.25) is 5.95 Å². The Morgan fingerprint density at radius 1 is 1.24 bits per heavy atom. The van der Waals surface area contributed by atoms with E-state index in [9.17, 15) is 8.42 Å². The maximum absolute atomic E-state index is 12.4. The fraction of sp³-hybridized carbons (Fsp3) is 0.0909. The minimum absolute atomic E-state index is 0.0231. The lowest BCUT2D eigenvalue weighted by atomic mass is 10.3. The summed E-state index contributed by atoms with van der Waals surface area (Å²) in [6.45, 7) is 1.69. The lowest BCUT2D eigenvalue weighted by Gasteiger charge is -2.09. The smallest absolute Gasteiger partial charge is 0.247 e. The van der Waals surface area contributed by atoms with Crippen LogP contribution in [0.4, 0.5) is 17.3 Å². The molecule has 3 rings (SSSR count). The first-order valence-corrected chi connectivity index (χ1v) is 8.30. The average Bonchev–Trinajstić information content (AvgIpc) is 2.84. The second-order valence-electron chi connectivity index (χ2n) is 4.15. The van der Waals surface area contributed by atoms with Crippen molar-refractivity contribution in [2.24, 2.45) is 8.73 Å². The van der Waals surface area contributed by atoms with Gasteiger partial charge in [0, 0.05) is 5.69 Å². The number of benzene rings is 1. The van der Waals surface area contributed by atoms with Crippen molar-refractivity contribution in [2.45, 2.75) is 11.8 Å². The molecule has 1 N–H and O–H groups in total. The van der Waals surface area contributed by atoms with Gasteiger partial charge in [-0.2, -0.15) is 8.73 Å². The van der Waals surface area contributed by atoms with E-state index in [4.69, 9.17) is 11.6 Å². The summed E-state index contributed by atoms with van der Waals surface area (Å²) in [5, 5.41) is 0.161. The Hall–Kier alpha value is -1.84. The lowest BCUT2D eigenvalue weighted by molar-refractivity contribution is 0.601. The predicted octanol–water partition coefficient (Wildman–Crippen LogP) is 2.97. The van der Waals surface area contributed by atoms with Gasteiger partial charge in [-0.15, -0.1) is 0 Å². The maximum atomic E-state index is 12.4. The molecule has 0 radical (unpaired) electrons. The van der Waals surface area contributed by atoms with E-state index in [2.05, 4.69) is 23.4 Å². The molecular formula is C11H8ClN5O2S2. The van der Waals surface area contributed by atoms with E-state index in [1.54, 1.807) is 19.1 Å². The molecule has 0 fully saturated rings. The summed E-state index contributed by atoms with van der Waals surface area (Å²) in [4.78, 5) is 7.86. The van der Waals surface area contributed by atoms with Crippen LogP contribution in [0.15, 0.2) is 37.9 Å². The molecule has 0 saturated carbocycles. The minimum Gasteiger partial charge on any atom is -0.247 e. The fourth-order valence-electron chi connectivity index (χ4n) is 1.75. The minimum atomic E-state index is -3.87. The Bertz CT molecular complexity index is 887. The summed E-state index contributed by atoms with van der Waals surface area (Å²) in [6.07, 6.45) is 0. The largest absolute Gasteiger partial charge is 0.266 e. The van der Waals surface area contributed by atoms with Crippen molar-refractivity contribution in [3.8, 4) is 0 Å². The zero-order valence-corrected chi connectivity index (χ0v) is 13.0. The topological polar surface area (TPSA) is 96.7 Å². The molecule has 1 aliphatic rings. The zero-order valence-electron chi connectivity index (χ0n) is 10.6. The molecule has 108 valence electrons. The molecule has 0 amide bonds. The summed E-state index contributed by atoms with van der Waals surface area (Å²) in [7, 11) is -3.87. The van der Waals surface area contributed by atoms with Gasteiger partial charge < -0.3 is 0 Å². The van der Waals surface area contributed by atoms with Crippen LogP contribution in [-0.2, 0) is 21.4 Å². The molecule has 0 atom stereocenters. The van der Waals surface area contributed by atoms with Crippen molar-refractivity contribution in [1.82, 2.24) is 9.97 Å². The van der Waals surface area contributed by atoms with Crippen LogP contribution in [-0.4, -0.2) is 18.4 Å². The predicted molar refractivity (Wildman–Crippen MR) is 80.6 cm³/mol. The van der Waals surface area contributed by atoms with Crippen molar-refractivity contribution >= 4 is 50.3 Å². The number of sulfonamides is 1. The van der Waals surface area contributed by atoms with Crippen LogP contribution in [0.25, 0.3) is 0 Å². The Labute approximate surface area is 129 Å². The number of aryl methyl sites for hydroxylation is 1. The summed E-state index contributed by atoms with van der Waals surface area (Å²) in [5.74, 6) is -0.0832. The number of nitrogens with zero attached hydrogens (tertiary/aromatic N) is 4. The number of rotatable bonds is 3. The van der Waals surface area contributed by atoms with Gasteiger partial charge in [0.25, 0.3) is 10.0 Å². The highest BCUT2D eigenvalue weighted by Gasteiger charge is 2.23. The number of nitrogens with one attached hydrogen (secondary N) is 1. The highest BCUT2D eigenvalue weighted by Crippen LogP contribution is 2.37. The van der Waals surface area contributed by atoms with E-state index in [1.165, 1.54) is 12.1 Å². The van der Waals surface area contributed by atoms with Gasteiger partial charge in [0.15, 0.2) is 0 Å². The van der Waals surface area contributed by atoms with E-state index in [0.29, 0.717) is 17.1 Å². The summed E-state index contributed by atoms with van der Waals surface area (Å²) >= 11 is 6.75. The van der Waals surface area contributed by atoms with Crippen LogP contribution in [0.2, 0.25) is 5.15 Å². The van der Waals surface area contributed by atoms with Crippen LogP contribution >= 0.6 is 11.6 Å². The van der Waals surface area contributed by atoms with Crippen LogP contribution in [0.3, 0.4) is 0 Å². The molecule has 21 heavy (non-hydrogen) atoms. The summed E-state index contributed by atoms with van der Waals surface area (Å²) in [6, 6.07) is 6.27. The molecule has 1 aromatic carbocycles. The number of hydrogen-bond donors (Lipinski definition) is 1. The third-order valence-corrected chi connectivity index (χ3v) is 4.68. The molecular weight excluding hydrogens is 334 g/mol. The quantitative estimate of drug-likeness (QED) is 0.740. The third kappa shape index (κ3) is 2.80. The number of halogens is 1. The van der Waals surface area contributed by atoms with Crippen molar-refractivity contribution in [2.75, 3.05) is 4.72 Å². The first-order chi connectivity index (χ1) is 9.95. The molecule has 1 aliphatic heterocycles. The van der Waals surface area contributed by atoms with E-state index < -0.39 is 10.0 Å². The molecule has 0 saturated heterocycles. The van der Waals surface area contributed by atoms with Gasteiger partial charge >= 0.3 is 0 Å². The van der Waals surface area contributed by atoms with Gasteiger partial charge in [-0.05, 0) is 25.1 Å². The van der Waals surface area contributed by atoms with E-state index in [-0.39, 0.29) is 16.0 Å². The number of hydrogen-bond acceptors (Lipinski definition) is 6. The molecule has 10 heteroatoms. The Morgan fingerprint density at radius 3 is 2.81 bits per heavy atom. The monoisotopic (exact) mass is 341 g/mol. The molecule has 2 heterocycles. The van der Waals surface area contributed by atoms with E-state index >= 15 is 0 Å².